The van der Waals surface area contributed by atoms with E-state index in [9.17, 15) is 13.2 Å². The van der Waals surface area contributed by atoms with Crippen LogP contribution in [-0.2, 0) is 0 Å². The van der Waals surface area contributed by atoms with Crippen molar-refractivity contribution in [2.45, 2.75) is 19.8 Å². The SMILES string of the molecule is CC(C)c1sc(F)c(F)c1F. The molecular formula is C7H7F3S. The van der Waals surface area contributed by atoms with Crippen LogP contribution in [0.2, 0.25) is 0 Å². The monoisotopic (exact) mass is 180 g/mol. The van der Waals surface area contributed by atoms with Crippen LogP contribution in [0.4, 0.5) is 13.2 Å². The molecule has 1 aromatic rings. The van der Waals surface area contributed by atoms with Crippen molar-refractivity contribution in [3.63, 3.8) is 0 Å². The van der Waals surface area contributed by atoms with Crippen molar-refractivity contribution in [3.05, 3.63) is 21.6 Å². The maximum Gasteiger partial charge on any atom is 0.215 e. The van der Waals surface area contributed by atoms with Gasteiger partial charge in [-0.25, -0.2) is 4.39 Å². The second kappa shape index (κ2) is 2.85. The lowest BCUT2D eigenvalue weighted by Crippen LogP contribution is -1.87. The van der Waals surface area contributed by atoms with E-state index in [1.54, 1.807) is 13.8 Å². The first kappa shape index (κ1) is 8.59. The summed E-state index contributed by atoms with van der Waals surface area (Å²) >= 11 is 0.532. The van der Waals surface area contributed by atoms with Crippen molar-refractivity contribution < 1.29 is 13.2 Å². The topological polar surface area (TPSA) is 0 Å². The molecule has 0 saturated heterocycles. The van der Waals surface area contributed by atoms with Gasteiger partial charge in [-0.2, -0.15) is 8.78 Å². The molecular weight excluding hydrogens is 173 g/mol. The molecule has 11 heavy (non-hydrogen) atoms. The normalized spacial score (nSPS) is 11.1. The fourth-order valence-corrected chi connectivity index (χ4v) is 1.54. The van der Waals surface area contributed by atoms with E-state index in [2.05, 4.69) is 0 Å². The fraction of sp³-hybridized carbons (Fsp3) is 0.429. The van der Waals surface area contributed by atoms with Crippen molar-refractivity contribution in [2.24, 2.45) is 0 Å². The Morgan fingerprint density at radius 3 is 1.82 bits per heavy atom. The molecule has 0 radical (unpaired) electrons. The van der Waals surface area contributed by atoms with E-state index in [0.717, 1.165) is 0 Å². The third kappa shape index (κ3) is 1.40. The molecule has 4 heteroatoms. The van der Waals surface area contributed by atoms with E-state index in [1.165, 1.54) is 0 Å². The van der Waals surface area contributed by atoms with Crippen LogP contribution < -0.4 is 0 Å². The minimum absolute atomic E-state index is 0.139. The van der Waals surface area contributed by atoms with Gasteiger partial charge in [-0.1, -0.05) is 13.8 Å². The smallest absolute Gasteiger partial charge is 0.202 e. The molecule has 62 valence electrons. The minimum Gasteiger partial charge on any atom is -0.202 e. The fourth-order valence-electron chi connectivity index (χ4n) is 0.752. The van der Waals surface area contributed by atoms with Crippen LogP contribution >= 0.6 is 11.3 Å². The first-order valence-electron chi connectivity index (χ1n) is 3.17. The van der Waals surface area contributed by atoms with Gasteiger partial charge in [0.05, 0.1) is 0 Å². The third-order valence-corrected chi connectivity index (χ3v) is 2.53. The Balaban J connectivity index is 3.19. The van der Waals surface area contributed by atoms with Crippen LogP contribution in [0.15, 0.2) is 0 Å². The highest BCUT2D eigenvalue weighted by atomic mass is 32.1. The largest absolute Gasteiger partial charge is 0.215 e. The lowest BCUT2D eigenvalue weighted by Gasteiger charge is -1.97. The Kier molecular flexibility index (Phi) is 2.23. The van der Waals surface area contributed by atoms with Crippen LogP contribution in [0.1, 0.15) is 24.6 Å². The predicted octanol–water partition coefficient (Wildman–Crippen LogP) is 3.29. The Morgan fingerprint density at radius 1 is 1.09 bits per heavy atom. The molecule has 0 bridgehead atoms. The number of hydrogen-bond acceptors (Lipinski definition) is 1. The number of rotatable bonds is 1. The highest BCUT2D eigenvalue weighted by molar-refractivity contribution is 7.10. The Morgan fingerprint density at radius 2 is 1.64 bits per heavy atom. The second-order valence-corrected chi connectivity index (χ2v) is 3.53. The van der Waals surface area contributed by atoms with Gasteiger partial charge in [0.1, 0.15) is 0 Å². The zero-order valence-electron chi connectivity index (χ0n) is 6.12. The Labute approximate surface area is 66.7 Å². The first-order chi connectivity index (χ1) is 5.04. The molecule has 0 fully saturated rings. The lowest BCUT2D eigenvalue weighted by molar-refractivity contribution is 0.461. The molecule has 0 spiro atoms. The van der Waals surface area contributed by atoms with Gasteiger partial charge in [0.2, 0.25) is 10.9 Å². The number of hydrogen-bond donors (Lipinski definition) is 0. The van der Waals surface area contributed by atoms with Gasteiger partial charge >= 0.3 is 0 Å². The van der Waals surface area contributed by atoms with E-state index in [1.807, 2.05) is 0 Å². The maximum atomic E-state index is 12.7. The summed E-state index contributed by atoms with van der Waals surface area (Å²) in [5.74, 6) is -2.56. The van der Waals surface area contributed by atoms with Gasteiger partial charge in [0.15, 0.2) is 5.82 Å². The van der Waals surface area contributed by atoms with Crippen LogP contribution in [0.3, 0.4) is 0 Å². The van der Waals surface area contributed by atoms with Crippen LogP contribution in [-0.4, -0.2) is 0 Å². The molecule has 1 aromatic heterocycles. The maximum absolute atomic E-state index is 12.7. The lowest BCUT2D eigenvalue weighted by atomic mass is 10.2. The quantitative estimate of drug-likeness (QED) is 0.622. The van der Waals surface area contributed by atoms with Crippen molar-refractivity contribution in [1.82, 2.24) is 0 Å². The van der Waals surface area contributed by atoms with E-state index in [-0.39, 0.29) is 10.8 Å². The van der Waals surface area contributed by atoms with Gasteiger partial charge in [0.25, 0.3) is 0 Å². The molecule has 0 unspecified atom stereocenters. The number of thiophene rings is 1. The average Bonchev–Trinajstić information content (AvgIpc) is 2.17. The summed E-state index contributed by atoms with van der Waals surface area (Å²) in [6.45, 7) is 3.38. The van der Waals surface area contributed by atoms with Crippen molar-refractivity contribution >= 4 is 11.3 Å². The van der Waals surface area contributed by atoms with Gasteiger partial charge in [0, 0.05) is 4.88 Å². The molecule has 1 rings (SSSR count). The molecule has 0 atom stereocenters. The van der Waals surface area contributed by atoms with Gasteiger partial charge in [-0.05, 0) is 5.92 Å². The summed E-state index contributed by atoms with van der Waals surface area (Å²) in [5.41, 5.74) is 0. The summed E-state index contributed by atoms with van der Waals surface area (Å²) in [7, 11) is 0. The van der Waals surface area contributed by atoms with E-state index in [0.29, 0.717) is 11.3 Å². The Bertz CT molecular complexity index is 265. The zero-order chi connectivity index (χ0) is 8.59. The highest BCUT2D eigenvalue weighted by Crippen LogP contribution is 2.29. The molecule has 0 aliphatic heterocycles. The van der Waals surface area contributed by atoms with E-state index < -0.39 is 16.8 Å². The summed E-state index contributed by atoms with van der Waals surface area (Å²) in [6, 6.07) is 0. The number of halogens is 3. The summed E-state index contributed by atoms with van der Waals surface area (Å²) in [5, 5.41) is -1.06. The van der Waals surface area contributed by atoms with Crippen LogP contribution in [0.25, 0.3) is 0 Å². The first-order valence-corrected chi connectivity index (χ1v) is 3.99. The standard InChI is InChI=1S/C7H7F3S/c1-3(2)6-4(8)5(9)7(10)11-6/h3H,1-2H3. The molecule has 0 amide bonds. The van der Waals surface area contributed by atoms with Crippen LogP contribution in [0, 0.1) is 16.8 Å². The van der Waals surface area contributed by atoms with Crippen molar-refractivity contribution in [3.8, 4) is 0 Å². The molecule has 1 heterocycles. The third-order valence-electron chi connectivity index (χ3n) is 1.31. The molecule has 0 saturated carbocycles. The molecule has 0 aliphatic rings. The van der Waals surface area contributed by atoms with Gasteiger partial charge in [-0.3, -0.25) is 0 Å². The minimum atomic E-state index is -1.35. The van der Waals surface area contributed by atoms with Gasteiger partial charge < -0.3 is 0 Å². The van der Waals surface area contributed by atoms with Gasteiger partial charge in [-0.15, -0.1) is 11.3 Å². The summed E-state index contributed by atoms with van der Waals surface area (Å²) in [4.78, 5) is 0.139. The van der Waals surface area contributed by atoms with Crippen molar-refractivity contribution in [2.75, 3.05) is 0 Å². The van der Waals surface area contributed by atoms with E-state index in [4.69, 9.17) is 0 Å². The summed E-state index contributed by atoms with van der Waals surface area (Å²) < 4.78 is 37.4. The molecule has 0 nitrogen and oxygen atoms in total. The average molecular weight is 180 g/mol. The van der Waals surface area contributed by atoms with Crippen LogP contribution in [0.5, 0.6) is 0 Å². The highest BCUT2D eigenvalue weighted by Gasteiger charge is 2.19. The predicted molar refractivity (Wildman–Crippen MR) is 38.3 cm³/mol. The molecule has 0 aliphatic carbocycles. The summed E-state index contributed by atoms with van der Waals surface area (Å²) in [6.07, 6.45) is 0. The molecule has 0 aromatic carbocycles. The van der Waals surface area contributed by atoms with E-state index >= 15 is 0 Å². The second-order valence-electron chi connectivity index (χ2n) is 2.52. The molecule has 0 N–H and O–H groups in total. The zero-order valence-corrected chi connectivity index (χ0v) is 6.94. The van der Waals surface area contributed by atoms with Crippen molar-refractivity contribution in [1.29, 1.82) is 0 Å². The Hall–Kier alpha value is -0.510.